The smallest absolute Gasteiger partial charge is 0.201 e. The van der Waals surface area contributed by atoms with Gasteiger partial charge in [0.2, 0.25) is 0 Å². The summed E-state index contributed by atoms with van der Waals surface area (Å²) in [5.41, 5.74) is -0.0229. The molecule has 0 aromatic heterocycles. The molecule has 1 rings (SSSR count). The van der Waals surface area contributed by atoms with Crippen molar-refractivity contribution in [2.75, 3.05) is 0 Å². The van der Waals surface area contributed by atoms with Gasteiger partial charge in [-0.25, -0.2) is 8.78 Å². The molecule has 0 radical (unpaired) electrons. The van der Waals surface area contributed by atoms with Crippen LogP contribution in [-0.4, -0.2) is 0 Å². The van der Waals surface area contributed by atoms with Crippen molar-refractivity contribution in [3.05, 3.63) is 35.9 Å². The van der Waals surface area contributed by atoms with E-state index in [4.69, 9.17) is 5.26 Å². The molecule has 1 nitrogen and oxygen atoms in total. The van der Waals surface area contributed by atoms with Crippen molar-refractivity contribution in [3.8, 4) is 6.07 Å². The number of nitriles is 1. The lowest BCUT2D eigenvalue weighted by molar-refractivity contribution is -0.0119. The molecule has 13 heavy (non-hydrogen) atoms. The van der Waals surface area contributed by atoms with E-state index in [1.807, 2.05) is 0 Å². The molecule has 0 spiro atoms. The van der Waals surface area contributed by atoms with Gasteiger partial charge in [-0.15, -0.1) is 0 Å². The lowest BCUT2D eigenvalue weighted by Crippen LogP contribution is -2.12. The van der Waals surface area contributed by atoms with Gasteiger partial charge in [-0.05, 0) is 0 Å². The van der Waals surface area contributed by atoms with E-state index < -0.39 is 12.3 Å². The number of nitrogens with zero attached hydrogens (tertiary/aromatic N) is 1. The zero-order valence-electron chi connectivity index (χ0n) is 7.00. The van der Waals surface area contributed by atoms with Crippen molar-refractivity contribution in [3.63, 3.8) is 0 Å². The number of benzene rings is 1. The standard InChI is InChI=1S/C10H9F2N/c11-10(12,7-4-8-13)9-5-2-1-3-6-9/h1-3,5-6H,4,7H2. The van der Waals surface area contributed by atoms with Crippen molar-refractivity contribution in [1.29, 1.82) is 5.26 Å². The van der Waals surface area contributed by atoms with Crippen LogP contribution >= 0.6 is 0 Å². The number of rotatable bonds is 3. The Kier molecular flexibility index (Phi) is 2.97. The summed E-state index contributed by atoms with van der Waals surface area (Å²) in [6.45, 7) is 0. The second-order valence-electron chi connectivity index (χ2n) is 2.73. The van der Waals surface area contributed by atoms with E-state index in [2.05, 4.69) is 0 Å². The van der Waals surface area contributed by atoms with Gasteiger partial charge in [0.05, 0.1) is 6.07 Å². The van der Waals surface area contributed by atoms with Crippen LogP contribution in [0.15, 0.2) is 30.3 Å². The first-order chi connectivity index (χ1) is 6.17. The molecule has 0 N–H and O–H groups in total. The molecule has 0 saturated carbocycles. The molecular weight excluding hydrogens is 172 g/mol. The fraction of sp³-hybridized carbons (Fsp3) is 0.300. The topological polar surface area (TPSA) is 23.8 Å². The molecule has 0 aliphatic rings. The van der Waals surface area contributed by atoms with E-state index in [0.29, 0.717) is 0 Å². The van der Waals surface area contributed by atoms with Gasteiger partial charge >= 0.3 is 0 Å². The Bertz CT molecular complexity index is 300. The van der Waals surface area contributed by atoms with E-state index in [1.165, 1.54) is 12.1 Å². The zero-order valence-corrected chi connectivity index (χ0v) is 7.00. The third-order valence-electron chi connectivity index (χ3n) is 1.75. The normalized spacial score (nSPS) is 10.8. The van der Waals surface area contributed by atoms with Crippen molar-refractivity contribution >= 4 is 0 Å². The molecular formula is C10H9F2N. The van der Waals surface area contributed by atoms with E-state index >= 15 is 0 Å². The largest absolute Gasteiger partial charge is 0.274 e. The summed E-state index contributed by atoms with van der Waals surface area (Å²) in [6.07, 6.45) is -0.532. The summed E-state index contributed by atoms with van der Waals surface area (Å²) < 4.78 is 26.4. The highest BCUT2D eigenvalue weighted by atomic mass is 19.3. The van der Waals surface area contributed by atoms with Crippen LogP contribution in [0.2, 0.25) is 0 Å². The van der Waals surface area contributed by atoms with Crippen LogP contribution in [0.1, 0.15) is 18.4 Å². The van der Waals surface area contributed by atoms with Crippen LogP contribution in [0.5, 0.6) is 0 Å². The van der Waals surface area contributed by atoms with Gasteiger partial charge in [0.1, 0.15) is 0 Å². The molecule has 1 aromatic rings. The lowest BCUT2D eigenvalue weighted by Gasteiger charge is -2.14. The first-order valence-corrected chi connectivity index (χ1v) is 3.97. The fourth-order valence-electron chi connectivity index (χ4n) is 1.04. The summed E-state index contributed by atoms with van der Waals surface area (Å²) in [5.74, 6) is -2.88. The van der Waals surface area contributed by atoms with Crippen LogP contribution in [0.25, 0.3) is 0 Å². The summed E-state index contributed by atoms with van der Waals surface area (Å²) >= 11 is 0. The SMILES string of the molecule is N#CCCC(F)(F)c1ccccc1. The number of alkyl halides is 2. The predicted octanol–water partition coefficient (Wildman–Crippen LogP) is 3.08. The summed E-state index contributed by atoms with van der Waals surface area (Å²) in [4.78, 5) is 0. The first-order valence-electron chi connectivity index (χ1n) is 3.97. The molecule has 0 amide bonds. The Hall–Kier alpha value is -1.43. The molecule has 0 bridgehead atoms. The molecule has 0 aliphatic carbocycles. The highest BCUT2D eigenvalue weighted by Gasteiger charge is 2.30. The van der Waals surface area contributed by atoms with Gasteiger partial charge in [0.25, 0.3) is 5.92 Å². The Morgan fingerprint density at radius 1 is 1.23 bits per heavy atom. The average molecular weight is 181 g/mol. The van der Waals surface area contributed by atoms with Crippen LogP contribution in [0.3, 0.4) is 0 Å². The summed E-state index contributed by atoms with van der Waals surface area (Å²) in [7, 11) is 0. The number of hydrogen-bond acceptors (Lipinski definition) is 1. The van der Waals surface area contributed by atoms with Crippen LogP contribution in [-0.2, 0) is 5.92 Å². The molecule has 3 heteroatoms. The first kappa shape index (κ1) is 9.66. The maximum atomic E-state index is 13.2. The van der Waals surface area contributed by atoms with Crippen molar-refractivity contribution in [2.45, 2.75) is 18.8 Å². The molecule has 0 unspecified atom stereocenters. The monoisotopic (exact) mass is 181 g/mol. The zero-order chi connectivity index (χ0) is 9.73. The minimum atomic E-state index is -2.88. The third-order valence-corrected chi connectivity index (χ3v) is 1.75. The molecule has 0 saturated heterocycles. The predicted molar refractivity (Wildman–Crippen MR) is 45.2 cm³/mol. The average Bonchev–Trinajstić information content (AvgIpc) is 2.16. The van der Waals surface area contributed by atoms with Gasteiger partial charge in [-0.2, -0.15) is 5.26 Å². The van der Waals surface area contributed by atoms with E-state index in [-0.39, 0.29) is 12.0 Å². The van der Waals surface area contributed by atoms with E-state index in [0.717, 1.165) is 0 Å². The molecule has 68 valence electrons. The highest BCUT2D eigenvalue weighted by Crippen LogP contribution is 2.32. The minimum absolute atomic E-state index is 0.0229. The number of halogens is 2. The van der Waals surface area contributed by atoms with E-state index in [1.54, 1.807) is 24.3 Å². The van der Waals surface area contributed by atoms with Gasteiger partial charge in [-0.3, -0.25) is 0 Å². The van der Waals surface area contributed by atoms with Crippen LogP contribution in [0.4, 0.5) is 8.78 Å². The van der Waals surface area contributed by atoms with Crippen molar-refractivity contribution in [2.24, 2.45) is 0 Å². The van der Waals surface area contributed by atoms with Crippen molar-refractivity contribution in [1.82, 2.24) is 0 Å². The second kappa shape index (κ2) is 3.99. The van der Waals surface area contributed by atoms with Gasteiger partial charge in [0, 0.05) is 18.4 Å². The Morgan fingerprint density at radius 3 is 2.38 bits per heavy atom. The summed E-state index contributed by atoms with van der Waals surface area (Å²) in [6, 6.07) is 9.27. The van der Waals surface area contributed by atoms with Crippen molar-refractivity contribution < 1.29 is 8.78 Å². The lowest BCUT2D eigenvalue weighted by atomic mass is 10.0. The highest BCUT2D eigenvalue weighted by molar-refractivity contribution is 5.19. The maximum Gasteiger partial charge on any atom is 0.274 e. The van der Waals surface area contributed by atoms with Crippen LogP contribution in [0, 0.1) is 11.3 Å². The fourth-order valence-corrected chi connectivity index (χ4v) is 1.04. The molecule has 0 heterocycles. The maximum absolute atomic E-state index is 13.2. The molecule has 0 atom stereocenters. The quantitative estimate of drug-likeness (QED) is 0.702. The van der Waals surface area contributed by atoms with E-state index in [9.17, 15) is 8.78 Å². The molecule has 0 fully saturated rings. The summed E-state index contributed by atoms with van der Waals surface area (Å²) in [5, 5.41) is 8.19. The van der Waals surface area contributed by atoms with Crippen LogP contribution < -0.4 is 0 Å². The third kappa shape index (κ3) is 2.51. The number of hydrogen-bond donors (Lipinski definition) is 0. The van der Waals surface area contributed by atoms with Gasteiger partial charge < -0.3 is 0 Å². The minimum Gasteiger partial charge on any atom is -0.201 e. The molecule has 0 aliphatic heterocycles. The molecule has 1 aromatic carbocycles. The second-order valence-corrected chi connectivity index (χ2v) is 2.73. The van der Waals surface area contributed by atoms with Gasteiger partial charge in [-0.1, -0.05) is 30.3 Å². The van der Waals surface area contributed by atoms with Gasteiger partial charge in [0.15, 0.2) is 0 Å². The Labute approximate surface area is 75.6 Å². The Morgan fingerprint density at radius 2 is 1.85 bits per heavy atom. The Balaban J connectivity index is 2.76.